The number of hydrogen-bond donors (Lipinski definition) is 0. The summed E-state index contributed by atoms with van der Waals surface area (Å²) in [5.74, 6) is 0.690. The lowest BCUT2D eigenvalue weighted by atomic mass is 10.0. The molecule has 0 saturated heterocycles. The van der Waals surface area contributed by atoms with Crippen molar-refractivity contribution < 1.29 is 0 Å². The summed E-state index contributed by atoms with van der Waals surface area (Å²) in [6, 6.07) is 119. The first kappa shape index (κ1) is 51.6. The van der Waals surface area contributed by atoms with E-state index < -0.39 is 0 Å². The van der Waals surface area contributed by atoms with Crippen molar-refractivity contribution in [2.24, 2.45) is 0 Å². The highest BCUT2D eigenvalue weighted by molar-refractivity contribution is 6.15. The van der Waals surface area contributed by atoms with Gasteiger partial charge in [0, 0.05) is 82.4 Å². The predicted molar refractivity (Wildman–Crippen MR) is 384 cm³/mol. The lowest BCUT2D eigenvalue weighted by Gasteiger charge is -2.12. The van der Waals surface area contributed by atoms with Gasteiger partial charge in [-0.1, -0.05) is 200 Å². The molecule has 0 fully saturated rings. The first-order chi connectivity index (χ1) is 45.6. The van der Waals surface area contributed by atoms with E-state index in [0.29, 0.717) is 5.82 Å². The Bertz CT molecular complexity index is 6150. The van der Waals surface area contributed by atoms with Crippen molar-refractivity contribution in [2.75, 3.05) is 0 Å². The summed E-state index contributed by atoms with van der Waals surface area (Å²) in [5.41, 5.74) is 24.8. The summed E-state index contributed by atoms with van der Waals surface area (Å²) >= 11 is 0. The van der Waals surface area contributed by atoms with Crippen molar-refractivity contribution >= 4 is 98.1 Å². The molecule has 0 amide bonds. The van der Waals surface area contributed by atoms with Crippen LogP contribution < -0.4 is 0 Å². The van der Waals surface area contributed by atoms with E-state index in [1.54, 1.807) is 0 Å². The van der Waals surface area contributed by atoms with Gasteiger partial charge in [-0.2, -0.15) is 0 Å². The Morgan fingerprint density at radius 3 is 0.826 bits per heavy atom. The van der Waals surface area contributed by atoms with Crippen LogP contribution in [0, 0.1) is 0 Å². The van der Waals surface area contributed by atoms with Gasteiger partial charge in [0.15, 0.2) is 5.82 Å². The lowest BCUT2D eigenvalue weighted by molar-refractivity contribution is 1.18. The molecule has 0 bridgehead atoms. The topological polar surface area (TPSA) is 45.5 Å². The number of aromatic nitrogens is 6. The van der Waals surface area contributed by atoms with E-state index in [0.717, 1.165) is 72.6 Å². The number of benzene rings is 14. The third-order valence-corrected chi connectivity index (χ3v) is 19.0. The Kier molecular flexibility index (Phi) is 11.6. The minimum Gasteiger partial charge on any atom is -0.309 e. The van der Waals surface area contributed by atoms with Crippen molar-refractivity contribution in [3.8, 4) is 78.8 Å². The largest absolute Gasteiger partial charge is 0.309 e. The molecule has 0 aliphatic rings. The van der Waals surface area contributed by atoms with E-state index in [1.165, 1.54) is 98.4 Å². The van der Waals surface area contributed by atoms with Crippen LogP contribution in [-0.4, -0.2) is 28.2 Å². The highest BCUT2D eigenvalue weighted by Crippen LogP contribution is 2.42. The van der Waals surface area contributed by atoms with Crippen LogP contribution in [0.1, 0.15) is 0 Å². The van der Waals surface area contributed by atoms with Gasteiger partial charge in [0.25, 0.3) is 0 Å². The second-order valence-corrected chi connectivity index (χ2v) is 24.1. The lowest BCUT2D eigenvalue weighted by Crippen LogP contribution is -1.97. The van der Waals surface area contributed by atoms with Gasteiger partial charge in [0.2, 0.25) is 0 Å². The number of rotatable bonds is 9. The third-order valence-electron chi connectivity index (χ3n) is 19.0. The van der Waals surface area contributed by atoms with Gasteiger partial charge in [-0.25, -0.2) is 9.97 Å². The first-order valence-electron chi connectivity index (χ1n) is 31.5. The molecule has 0 unspecified atom stereocenters. The summed E-state index contributed by atoms with van der Waals surface area (Å²) in [6.45, 7) is 0. The summed E-state index contributed by atoms with van der Waals surface area (Å²) in [6.07, 6.45) is 0. The smallest absolute Gasteiger partial charge is 0.160 e. The van der Waals surface area contributed by atoms with Crippen molar-refractivity contribution in [3.05, 3.63) is 328 Å². The second kappa shape index (κ2) is 20.6. The fourth-order valence-electron chi connectivity index (χ4n) is 14.7. The van der Waals surface area contributed by atoms with Crippen LogP contribution in [0.25, 0.3) is 177 Å². The molecule has 0 N–H and O–H groups in total. The normalized spacial score (nSPS) is 11.9. The molecule has 0 saturated carbocycles. The molecule has 19 rings (SSSR count). The molecule has 92 heavy (non-hydrogen) atoms. The van der Waals surface area contributed by atoms with Gasteiger partial charge in [-0.3, -0.25) is 0 Å². The van der Waals surface area contributed by atoms with Crippen molar-refractivity contribution in [1.82, 2.24) is 28.2 Å². The fourth-order valence-corrected chi connectivity index (χ4v) is 14.7. The number of fused-ring (bicyclic) bond motifs is 13. The van der Waals surface area contributed by atoms with E-state index in [-0.39, 0.29) is 0 Å². The Balaban J connectivity index is 0.615. The SMILES string of the molecule is c1ccc(-n2c3ccccc3c3cc(-c4ccc5c(c4)c4ccccc4n5-c4ccc(-c5ccc(-c6nc(-c7ccc(-n8c9ccccc9c9cc(-c%10ccc%11c(c%10)c%10ccccc%10n%11-c%10ccccc%10)ccc98)cc7)c7ccccc7n6)cc5)cc4)ccc32)cc1. The van der Waals surface area contributed by atoms with E-state index in [9.17, 15) is 0 Å². The zero-order valence-electron chi connectivity index (χ0n) is 49.9. The molecule has 6 nitrogen and oxygen atoms in total. The van der Waals surface area contributed by atoms with E-state index in [4.69, 9.17) is 9.97 Å². The highest BCUT2D eigenvalue weighted by atomic mass is 15.0. The van der Waals surface area contributed by atoms with E-state index in [1.807, 2.05) is 0 Å². The van der Waals surface area contributed by atoms with Crippen LogP contribution in [0.2, 0.25) is 0 Å². The molecule has 428 valence electrons. The standard InChI is InChI=1S/C86H54N6/c1-3-17-63(18-4-1)89-77-27-13-8-21-67(77)72-51-59(39-47-81(72)89)61-41-49-83-74(53-61)69-23-10-15-29-79(69)91(83)65-43-35-56(36-44-65)55-31-33-58(34-32-55)86-87-76-26-12-7-25-71(76)85(88-86)57-37-45-66(46-38-57)92-80-30-16-11-24-70(80)75-54-62(42-50-84(75)92)60-40-48-82-73(52-60)68-22-9-14-28-78(68)90(82)64-19-5-2-6-20-64/h1-54H. The maximum Gasteiger partial charge on any atom is 0.160 e. The Hall–Kier alpha value is -12.4. The zero-order valence-corrected chi connectivity index (χ0v) is 49.9. The summed E-state index contributed by atoms with van der Waals surface area (Å²) < 4.78 is 9.53. The van der Waals surface area contributed by atoms with Gasteiger partial charge in [-0.15, -0.1) is 0 Å². The third kappa shape index (κ3) is 8.14. The van der Waals surface area contributed by atoms with Crippen molar-refractivity contribution in [3.63, 3.8) is 0 Å². The molecule has 5 aromatic heterocycles. The van der Waals surface area contributed by atoms with Gasteiger partial charge in [-0.05, 0) is 161 Å². The molecule has 0 atom stereocenters. The van der Waals surface area contributed by atoms with Gasteiger partial charge < -0.3 is 18.3 Å². The van der Waals surface area contributed by atoms with Gasteiger partial charge >= 0.3 is 0 Å². The molecular formula is C86H54N6. The van der Waals surface area contributed by atoms with Crippen LogP contribution in [0.3, 0.4) is 0 Å². The van der Waals surface area contributed by atoms with E-state index >= 15 is 0 Å². The monoisotopic (exact) mass is 1170 g/mol. The molecule has 6 heteroatoms. The Labute approximate surface area is 529 Å². The molecule has 14 aromatic carbocycles. The maximum absolute atomic E-state index is 5.35. The average molecular weight is 1170 g/mol. The molecule has 19 aromatic rings. The van der Waals surface area contributed by atoms with Crippen molar-refractivity contribution in [1.29, 1.82) is 0 Å². The molecular weight excluding hydrogens is 1120 g/mol. The van der Waals surface area contributed by atoms with Crippen molar-refractivity contribution in [2.45, 2.75) is 0 Å². The number of para-hydroxylation sites is 7. The van der Waals surface area contributed by atoms with Crippen LogP contribution in [0.4, 0.5) is 0 Å². The summed E-state index contributed by atoms with van der Waals surface area (Å²) in [5, 5.41) is 10.9. The minimum atomic E-state index is 0.690. The predicted octanol–water partition coefficient (Wildman–Crippen LogP) is 22.4. The molecule has 5 heterocycles. The number of nitrogens with zero attached hydrogens (tertiary/aromatic N) is 6. The Morgan fingerprint density at radius 2 is 0.446 bits per heavy atom. The summed E-state index contributed by atoms with van der Waals surface area (Å²) in [4.78, 5) is 10.5. The molecule has 0 aliphatic heterocycles. The highest BCUT2D eigenvalue weighted by Gasteiger charge is 2.20. The van der Waals surface area contributed by atoms with Crippen LogP contribution in [0.15, 0.2) is 328 Å². The van der Waals surface area contributed by atoms with E-state index in [2.05, 4.69) is 346 Å². The van der Waals surface area contributed by atoms with Gasteiger partial charge in [0.1, 0.15) is 0 Å². The zero-order chi connectivity index (χ0) is 60.4. The number of hydrogen-bond acceptors (Lipinski definition) is 2. The van der Waals surface area contributed by atoms with Gasteiger partial charge in [0.05, 0.1) is 55.3 Å². The first-order valence-corrected chi connectivity index (χ1v) is 31.5. The fraction of sp³-hybridized carbons (Fsp3) is 0. The molecule has 0 aliphatic carbocycles. The Morgan fingerprint density at radius 1 is 0.174 bits per heavy atom. The minimum absolute atomic E-state index is 0.690. The maximum atomic E-state index is 5.35. The summed E-state index contributed by atoms with van der Waals surface area (Å²) in [7, 11) is 0. The van der Waals surface area contributed by atoms with Crippen LogP contribution in [-0.2, 0) is 0 Å². The molecule has 0 radical (unpaired) electrons. The molecule has 0 spiro atoms. The second-order valence-electron chi connectivity index (χ2n) is 24.1. The van der Waals surface area contributed by atoms with Crippen LogP contribution in [0.5, 0.6) is 0 Å². The van der Waals surface area contributed by atoms with Crippen LogP contribution >= 0.6 is 0 Å². The average Bonchev–Trinajstić information content (AvgIpc) is 1.80. The quantitative estimate of drug-likeness (QED) is 0.145.